The van der Waals surface area contributed by atoms with Crippen LogP contribution in [0.1, 0.15) is 134 Å². The zero-order chi connectivity index (χ0) is 55.3. The second-order valence-corrected chi connectivity index (χ2v) is 22.3. The van der Waals surface area contributed by atoms with Gasteiger partial charge in [-0.1, -0.05) is 116 Å². The van der Waals surface area contributed by atoms with Crippen molar-refractivity contribution in [3.63, 3.8) is 0 Å². The van der Waals surface area contributed by atoms with Gasteiger partial charge in [0.05, 0.1) is 42.7 Å². The van der Waals surface area contributed by atoms with E-state index in [1.165, 1.54) is 0 Å². The van der Waals surface area contributed by atoms with Gasteiger partial charge in [-0.2, -0.15) is 12.6 Å². The Labute approximate surface area is 444 Å². The Morgan fingerprint density at radius 2 is 1.38 bits per heavy atom. The Kier molecular flexibility index (Phi) is 29.9. The van der Waals surface area contributed by atoms with Gasteiger partial charge in [-0.3, -0.25) is 0 Å². The number of cyclic esters (lactones) is 2. The number of ether oxygens (including phenoxy) is 5. The molecule has 2 heterocycles. The van der Waals surface area contributed by atoms with Crippen LogP contribution in [0.2, 0.25) is 0 Å². The summed E-state index contributed by atoms with van der Waals surface area (Å²) in [6.45, 7) is 20.8. The van der Waals surface area contributed by atoms with Crippen LogP contribution in [0.25, 0.3) is 0 Å². The molecule has 2 aliphatic heterocycles. The van der Waals surface area contributed by atoms with E-state index in [4.69, 9.17) is 23.7 Å². The van der Waals surface area contributed by atoms with Crippen molar-refractivity contribution in [2.24, 2.45) is 53.3 Å². The zero-order valence-electron chi connectivity index (χ0n) is 46.6. The lowest BCUT2D eigenvalue weighted by atomic mass is 9.73. The maximum Gasteiger partial charge on any atom is 0.338 e. The highest BCUT2D eigenvalue weighted by Gasteiger charge is 2.52. The van der Waals surface area contributed by atoms with E-state index in [2.05, 4.69) is 12.6 Å². The standard InChI is InChI=1S/C58H98O14S/c1-34(29-40(7)51(61)43(10)52(62)44(11)54(70-14)38(5)20-17-15-16-18-27-73)28-39(6)50-33-58(67,55(64)57(66)72-50)41(8)24-26-45(68-12)30-46(69-13)31-48(60)36(3)21-19-22-37(4)49-32-47(53(63)56(65)71-49)35(2)23-25-42(9)59/h15-20,22,27-29,35-39,41-55,59-64,67,73H,21,23-26,30-33H2,1-14H3/b16-15+,20-17+,22-19+,27-18+,34-28+,40-29+. The Balaban J connectivity index is 2.02. The lowest BCUT2D eigenvalue weighted by Gasteiger charge is -2.44. The Morgan fingerprint density at radius 1 is 0.753 bits per heavy atom. The first-order valence-corrected chi connectivity index (χ1v) is 27.3. The van der Waals surface area contributed by atoms with Gasteiger partial charge in [-0.05, 0) is 101 Å². The van der Waals surface area contributed by atoms with Crippen molar-refractivity contribution in [2.45, 2.75) is 207 Å². The van der Waals surface area contributed by atoms with E-state index in [0.29, 0.717) is 56.9 Å². The number of methoxy groups -OCH3 is 3. The molecule has 2 rings (SSSR count). The summed E-state index contributed by atoms with van der Waals surface area (Å²) < 4.78 is 28.8. The molecule has 0 radical (unpaired) electrons. The van der Waals surface area contributed by atoms with Gasteiger partial charge in [0.15, 0.2) is 12.2 Å². The molecule has 2 saturated heterocycles. The summed E-state index contributed by atoms with van der Waals surface area (Å²) in [6.07, 6.45) is 13.5. The molecule has 14 nitrogen and oxygen atoms in total. The van der Waals surface area contributed by atoms with Crippen molar-refractivity contribution in [3.8, 4) is 0 Å². The molecule has 0 aliphatic carbocycles. The molecule has 15 heteroatoms. The number of thiol groups is 1. The van der Waals surface area contributed by atoms with Crippen LogP contribution in [0.3, 0.4) is 0 Å². The van der Waals surface area contributed by atoms with Crippen LogP contribution < -0.4 is 0 Å². The summed E-state index contributed by atoms with van der Waals surface area (Å²) in [5.41, 5.74) is -0.333. The molecular weight excluding hydrogens is 953 g/mol. The fourth-order valence-corrected chi connectivity index (χ4v) is 10.8. The third-order valence-electron chi connectivity index (χ3n) is 16.1. The molecule has 73 heavy (non-hydrogen) atoms. The fourth-order valence-electron chi connectivity index (χ4n) is 10.7. The predicted molar refractivity (Wildman–Crippen MR) is 290 cm³/mol. The first-order chi connectivity index (χ1) is 34.3. The van der Waals surface area contributed by atoms with Crippen LogP contribution in [0.4, 0.5) is 0 Å². The highest BCUT2D eigenvalue weighted by molar-refractivity contribution is 7.83. The van der Waals surface area contributed by atoms with Crippen molar-refractivity contribution in [2.75, 3.05) is 21.3 Å². The van der Waals surface area contributed by atoms with E-state index in [-0.39, 0.29) is 72.3 Å². The van der Waals surface area contributed by atoms with Crippen LogP contribution >= 0.6 is 12.6 Å². The SMILES string of the molecule is COC(CCC(C)C1(O)CC(C(C)/C=C(C)/C=C(\C)C(O)C(C)C(O)C(C)C(OC)C(C)/C=C/C=C/C=C/S)OC(=O)C1O)CC(CC(O)C(C)C/C=C/C(C)C1CC(C(C)CCC(C)O)C(O)C(=O)O1)OC. The highest BCUT2D eigenvalue weighted by Crippen LogP contribution is 2.39. The van der Waals surface area contributed by atoms with E-state index >= 15 is 0 Å². The quantitative estimate of drug-likeness (QED) is 0.0138. The second-order valence-electron chi connectivity index (χ2n) is 22.0. The highest BCUT2D eigenvalue weighted by atomic mass is 32.1. The van der Waals surface area contributed by atoms with Crippen molar-refractivity contribution in [3.05, 3.63) is 71.2 Å². The predicted octanol–water partition coefficient (Wildman–Crippen LogP) is 8.02. The summed E-state index contributed by atoms with van der Waals surface area (Å²) in [5, 5.41) is 79.1. The van der Waals surface area contributed by atoms with Gasteiger partial charge in [0.2, 0.25) is 0 Å². The smallest absolute Gasteiger partial charge is 0.338 e. The van der Waals surface area contributed by atoms with Gasteiger partial charge in [-0.15, -0.1) is 0 Å². The number of hydrogen-bond donors (Lipinski definition) is 8. The number of aliphatic hydroxyl groups is 7. The van der Waals surface area contributed by atoms with Gasteiger partial charge >= 0.3 is 11.9 Å². The van der Waals surface area contributed by atoms with Gasteiger partial charge in [0, 0.05) is 63.3 Å². The average Bonchev–Trinajstić information content (AvgIpc) is 3.35. The van der Waals surface area contributed by atoms with Crippen LogP contribution in [0.5, 0.6) is 0 Å². The lowest BCUT2D eigenvalue weighted by Crippen LogP contribution is -2.59. The molecular formula is C58H98O14S. The monoisotopic (exact) mass is 1050 g/mol. The lowest BCUT2D eigenvalue weighted by molar-refractivity contribution is -0.212. The molecule has 0 spiro atoms. The third kappa shape index (κ3) is 20.7. The van der Waals surface area contributed by atoms with Crippen molar-refractivity contribution >= 4 is 24.6 Å². The largest absolute Gasteiger partial charge is 0.460 e. The molecule has 2 fully saturated rings. The Morgan fingerprint density at radius 3 is 1.99 bits per heavy atom. The number of aliphatic hydroxyl groups excluding tert-OH is 6. The van der Waals surface area contributed by atoms with E-state index in [1.54, 1.807) is 33.7 Å². The molecule has 0 aromatic carbocycles. The molecule has 2 aliphatic rings. The molecule has 7 N–H and O–H groups in total. The molecule has 0 aromatic rings. The number of carbonyl (C=O) groups is 2. The number of hydrogen-bond acceptors (Lipinski definition) is 15. The van der Waals surface area contributed by atoms with Gasteiger partial charge < -0.3 is 59.4 Å². The van der Waals surface area contributed by atoms with Crippen LogP contribution in [-0.4, -0.2) is 142 Å². The number of allylic oxidation sites excluding steroid dienone is 7. The Bertz CT molecular complexity index is 1810. The maximum atomic E-state index is 13.1. The van der Waals surface area contributed by atoms with E-state index < -0.39 is 72.1 Å². The van der Waals surface area contributed by atoms with E-state index in [1.807, 2.05) is 124 Å². The normalized spacial score (nSPS) is 29.0. The summed E-state index contributed by atoms with van der Waals surface area (Å²) in [6, 6.07) is 0. The van der Waals surface area contributed by atoms with Crippen molar-refractivity contribution in [1.29, 1.82) is 0 Å². The number of rotatable bonds is 32. The summed E-state index contributed by atoms with van der Waals surface area (Å²) in [5.74, 6) is -3.63. The Hall–Kier alpha value is -2.67. The first kappa shape index (κ1) is 66.4. The minimum absolute atomic E-state index is 0.00481. The minimum atomic E-state index is -1.78. The van der Waals surface area contributed by atoms with Crippen LogP contribution in [0, 0.1) is 53.3 Å². The maximum absolute atomic E-state index is 13.1. The molecule has 21 atom stereocenters. The molecule has 0 amide bonds. The fraction of sp³-hybridized carbons (Fsp3) is 0.759. The molecule has 0 aromatic heterocycles. The van der Waals surface area contributed by atoms with Gasteiger partial charge in [0.25, 0.3) is 0 Å². The van der Waals surface area contributed by atoms with Crippen molar-refractivity contribution < 1.29 is 69.0 Å². The minimum Gasteiger partial charge on any atom is -0.460 e. The van der Waals surface area contributed by atoms with Crippen molar-refractivity contribution in [1.82, 2.24) is 0 Å². The summed E-state index contributed by atoms with van der Waals surface area (Å²) in [4.78, 5) is 25.7. The number of carbonyl (C=O) groups excluding carboxylic acids is 2. The van der Waals surface area contributed by atoms with Crippen LogP contribution in [-0.2, 0) is 33.3 Å². The summed E-state index contributed by atoms with van der Waals surface area (Å²) in [7, 11) is 4.82. The second kappa shape index (κ2) is 32.8. The number of esters is 2. The first-order valence-electron chi connectivity index (χ1n) is 26.8. The van der Waals surface area contributed by atoms with Crippen LogP contribution in [0.15, 0.2) is 71.2 Å². The molecule has 21 unspecified atom stereocenters. The van der Waals surface area contributed by atoms with E-state index in [0.717, 1.165) is 5.57 Å². The average molecular weight is 1050 g/mol. The zero-order valence-corrected chi connectivity index (χ0v) is 47.5. The molecule has 0 saturated carbocycles. The van der Waals surface area contributed by atoms with Gasteiger partial charge in [0.1, 0.15) is 17.8 Å². The van der Waals surface area contributed by atoms with Gasteiger partial charge in [-0.25, -0.2) is 9.59 Å². The molecule has 420 valence electrons. The molecule has 0 bridgehead atoms. The third-order valence-corrected chi connectivity index (χ3v) is 16.3. The van der Waals surface area contributed by atoms with E-state index in [9.17, 15) is 45.3 Å². The summed E-state index contributed by atoms with van der Waals surface area (Å²) >= 11 is 4.05. The topological polar surface area (TPSA) is 222 Å².